The van der Waals surface area contributed by atoms with E-state index in [-0.39, 0.29) is 29.8 Å². The fourth-order valence-electron chi connectivity index (χ4n) is 3.95. The lowest BCUT2D eigenvalue weighted by molar-refractivity contribution is -0.123. The topological polar surface area (TPSA) is 84.1 Å². The van der Waals surface area contributed by atoms with Crippen molar-refractivity contribution in [2.24, 2.45) is 5.92 Å². The van der Waals surface area contributed by atoms with Crippen LogP contribution >= 0.6 is 0 Å². The van der Waals surface area contributed by atoms with Gasteiger partial charge in [-0.25, -0.2) is 9.37 Å². The number of hydrogen-bond donors (Lipinski definition) is 2. The molecule has 0 radical (unpaired) electrons. The summed E-state index contributed by atoms with van der Waals surface area (Å²) < 4.78 is 18.8. The van der Waals surface area contributed by atoms with E-state index in [0.717, 1.165) is 24.1 Å². The van der Waals surface area contributed by atoms with Gasteiger partial charge in [-0.2, -0.15) is 0 Å². The maximum atomic E-state index is 13.2. The number of aryl methyl sites for hydroxylation is 2. The molecule has 166 valence electrons. The Bertz CT molecular complexity index is 1160. The lowest BCUT2D eigenvalue weighted by Crippen LogP contribution is -2.33. The van der Waals surface area contributed by atoms with E-state index in [1.165, 1.54) is 12.1 Å². The van der Waals surface area contributed by atoms with Crippen molar-refractivity contribution in [3.8, 4) is 17.1 Å². The number of nitrogens with zero attached hydrogens (tertiary/aromatic N) is 1. The number of carbonyl (C=O) groups is 1. The van der Waals surface area contributed by atoms with E-state index >= 15 is 0 Å². The SMILES string of the molecule is Cc1cccc(OCC(=O)NCC2CCc3nc(-c4ccc(F)cc4)[nH]c(=O)c3CC2)c1. The van der Waals surface area contributed by atoms with Gasteiger partial charge in [0.25, 0.3) is 11.5 Å². The molecule has 0 fully saturated rings. The maximum Gasteiger partial charge on any atom is 0.257 e. The van der Waals surface area contributed by atoms with Crippen molar-refractivity contribution in [3.05, 3.63) is 81.5 Å². The minimum Gasteiger partial charge on any atom is -0.484 e. The van der Waals surface area contributed by atoms with Crippen LogP contribution in [0.3, 0.4) is 0 Å². The smallest absolute Gasteiger partial charge is 0.257 e. The molecule has 2 aromatic carbocycles. The normalized spacial score (nSPS) is 15.5. The first-order valence-electron chi connectivity index (χ1n) is 10.8. The Balaban J connectivity index is 1.33. The number of fused-ring (bicyclic) bond motifs is 1. The lowest BCUT2D eigenvalue weighted by atomic mass is 10.00. The van der Waals surface area contributed by atoms with E-state index in [9.17, 15) is 14.0 Å². The van der Waals surface area contributed by atoms with E-state index in [0.29, 0.717) is 42.1 Å². The summed E-state index contributed by atoms with van der Waals surface area (Å²) in [5.41, 5.74) is 3.09. The third-order valence-electron chi connectivity index (χ3n) is 5.76. The summed E-state index contributed by atoms with van der Waals surface area (Å²) >= 11 is 0. The van der Waals surface area contributed by atoms with Crippen molar-refractivity contribution in [2.75, 3.05) is 13.2 Å². The summed E-state index contributed by atoms with van der Waals surface area (Å²) in [6.45, 7) is 2.48. The van der Waals surface area contributed by atoms with Crippen LogP contribution in [-0.2, 0) is 17.6 Å². The highest BCUT2D eigenvalue weighted by atomic mass is 19.1. The molecule has 6 nitrogen and oxygen atoms in total. The van der Waals surface area contributed by atoms with Crippen LogP contribution in [0.25, 0.3) is 11.4 Å². The molecule has 0 bridgehead atoms. The molecule has 2 N–H and O–H groups in total. The molecule has 3 aromatic rings. The van der Waals surface area contributed by atoms with Crippen molar-refractivity contribution >= 4 is 5.91 Å². The second-order valence-corrected chi connectivity index (χ2v) is 8.20. The quantitative estimate of drug-likeness (QED) is 0.580. The molecule has 1 aliphatic rings. The zero-order chi connectivity index (χ0) is 22.5. The Morgan fingerprint density at radius 1 is 1.19 bits per heavy atom. The van der Waals surface area contributed by atoms with Crippen LogP contribution < -0.4 is 15.6 Å². The summed E-state index contributed by atoms with van der Waals surface area (Å²) in [5.74, 6) is 0.879. The van der Waals surface area contributed by atoms with Gasteiger partial charge in [-0.1, -0.05) is 12.1 Å². The highest BCUT2D eigenvalue weighted by molar-refractivity contribution is 5.77. The average molecular weight is 435 g/mol. The fourth-order valence-corrected chi connectivity index (χ4v) is 3.95. The number of halogens is 1. The van der Waals surface area contributed by atoms with Crippen molar-refractivity contribution in [2.45, 2.75) is 32.6 Å². The van der Waals surface area contributed by atoms with E-state index in [1.54, 1.807) is 12.1 Å². The molecule has 0 spiro atoms. The Hall–Kier alpha value is -3.48. The van der Waals surface area contributed by atoms with Crippen LogP contribution in [0.5, 0.6) is 5.75 Å². The summed E-state index contributed by atoms with van der Waals surface area (Å²) in [7, 11) is 0. The van der Waals surface area contributed by atoms with Gasteiger partial charge in [0.1, 0.15) is 17.4 Å². The molecule has 4 rings (SSSR count). The lowest BCUT2D eigenvalue weighted by Gasteiger charge is -2.15. The van der Waals surface area contributed by atoms with Crippen molar-refractivity contribution in [1.82, 2.24) is 15.3 Å². The first kappa shape index (κ1) is 21.7. The highest BCUT2D eigenvalue weighted by Crippen LogP contribution is 2.23. The minimum atomic E-state index is -0.333. The summed E-state index contributed by atoms with van der Waals surface area (Å²) in [5, 5.41) is 2.94. The Labute approximate surface area is 185 Å². The number of carbonyl (C=O) groups excluding carboxylic acids is 1. The van der Waals surface area contributed by atoms with Gasteiger partial charge in [0.05, 0.1) is 5.69 Å². The highest BCUT2D eigenvalue weighted by Gasteiger charge is 2.21. The molecule has 1 aromatic heterocycles. The number of amides is 1. The maximum absolute atomic E-state index is 13.2. The van der Waals surface area contributed by atoms with Crippen LogP contribution in [0, 0.1) is 18.7 Å². The van der Waals surface area contributed by atoms with E-state index in [1.807, 2.05) is 31.2 Å². The van der Waals surface area contributed by atoms with Crippen molar-refractivity contribution < 1.29 is 13.9 Å². The van der Waals surface area contributed by atoms with Gasteiger partial charge in [-0.3, -0.25) is 9.59 Å². The second-order valence-electron chi connectivity index (χ2n) is 8.20. The zero-order valence-electron chi connectivity index (χ0n) is 18.0. The number of aromatic amines is 1. The van der Waals surface area contributed by atoms with E-state index < -0.39 is 0 Å². The predicted octanol–water partition coefficient (Wildman–Crippen LogP) is 3.57. The van der Waals surface area contributed by atoms with Gasteiger partial charge < -0.3 is 15.0 Å². The van der Waals surface area contributed by atoms with Crippen LogP contribution in [-0.4, -0.2) is 29.0 Å². The molecule has 7 heteroatoms. The molecule has 1 aliphatic carbocycles. The summed E-state index contributed by atoms with van der Waals surface area (Å²) in [4.78, 5) is 32.3. The van der Waals surface area contributed by atoms with Crippen LogP contribution in [0.1, 0.15) is 29.7 Å². The largest absolute Gasteiger partial charge is 0.484 e. The summed E-state index contributed by atoms with van der Waals surface area (Å²) in [6, 6.07) is 13.5. The van der Waals surface area contributed by atoms with E-state index in [4.69, 9.17) is 4.74 Å². The van der Waals surface area contributed by atoms with Gasteiger partial charge in [-0.15, -0.1) is 0 Å². The van der Waals surface area contributed by atoms with Gasteiger partial charge in [-0.05, 0) is 80.5 Å². The molecular formula is C25H26FN3O3. The molecule has 0 saturated carbocycles. The Kier molecular flexibility index (Phi) is 6.63. The van der Waals surface area contributed by atoms with Crippen molar-refractivity contribution in [3.63, 3.8) is 0 Å². The van der Waals surface area contributed by atoms with Gasteiger partial charge in [0.2, 0.25) is 0 Å². The predicted molar refractivity (Wildman–Crippen MR) is 120 cm³/mol. The standard InChI is InChI=1S/C25H26FN3O3/c1-16-3-2-4-20(13-16)32-15-23(30)27-14-17-5-11-21-22(12-6-17)28-24(29-25(21)31)18-7-9-19(26)10-8-18/h2-4,7-10,13,17H,5-6,11-12,14-15H2,1H3,(H,27,30)(H,28,29,31). The fraction of sp³-hybridized carbons (Fsp3) is 0.320. The first-order valence-corrected chi connectivity index (χ1v) is 10.8. The number of hydrogen-bond acceptors (Lipinski definition) is 4. The number of H-pyrrole nitrogens is 1. The molecule has 0 saturated heterocycles. The van der Waals surface area contributed by atoms with Gasteiger partial charge >= 0.3 is 0 Å². The Morgan fingerprint density at radius 3 is 2.75 bits per heavy atom. The van der Waals surface area contributed by atoms with Crippen molar-refractivity contribution in [1.29, 1.82) is 0 Å². The Morgan fingerprint density at radius 2 is 1.97 bits per heavy atom. The molecular weight excluding hydrogens is 409 g/mol. The number of rotatable bonds is 6. The third kappa shape index (κ3) is 5.41. The second kappa shape index (κ2) is 9.77. The number of benzene rings is 2. The molecule has 1 unspecified atom stereocenters. The van der Waals surface area contributed by atoms with Gasteiger partial charge in [0, 0.05) is 17.7 Å². The third-order valence-corrected chi connectivity index (χ3v) is 5.76. The minimum absolute atomic E-state index is 0.0291. The first-order chi connectivity index (χ1) is 15.5. The van der Waals surface area contributed by atoms with Crippen LogP contribution in [0.15, 0.2) is 53.3 Å². The molecule has 0 aliphatic heterocycles. The van der Waals surface area contributed by atoms with Crippen LogP contribution in [0.4, 0.5) is 4.39 Å². The molecule has 1 amide bonds. The summed E-state index contributed by atoms with van der Waals surface area (Å²) in [6.07, 6.45) is 2.90. The van der Waals surface area contributed by atoms with E-state index in [2.05, 4.69) is 15.3 Å². The number of aromatic nitrogens is 2. The van der Waals surface area contributed by atoms with Crippen LogP contribution in [0.2, 0.25) is 0 Å². The number of ether oxygens (including phenoxy) is 1. The number of nitrogens with one attached hydrogen (secondary N) is 2. The monoisotopic (exact) mass is 435 g/mol. The molecule has 1 atom stereocenters. The average Bonchev–Trinajstić information content (AvgIpc) is 2.99. The zero-order valence-corrected chi connectivity index (χ0v) is 18.0. The molecule has 1 heterocycles. The molecule has 32 heavy (non-hydrogen) atoms. The van der Waals surface area contributed by atoms with Gasteiger partial charge in [0.15, 0.2) is 6.61 Å².